The van der Waals surface area contributed by atoms with E-state index in [2.05, 4.69) is 23.1 Å². The number of aromatic nitrogens is 2. The van der Waals surface area contributed by atoms with Crippen LogP contribution in [0.1, 0.15) is 22.8 Å². The largest absolute Gasteiger partial charge is 0.497 e. The molecule has 0 aliphatic rings. The van der Waals surface area contributed by atoms with E-state index in [4.69, 9.17) is 9.26 Å². The Bertz CT molecular complexity index is 870. The molecule has 0 fully saturated rings. The maximum atomic E-state index is 12.3. The molecule has 0 aliphatic carbocycles. The fourth-order valence-corrected chi connectivity index (χ4v) is 3.45. The van der Waals surface area contributed by atoms with E-state index in [1.54, 1.807) is 23.3 Å². The molecule has 2 heterocycles. The predicted octanol–water partition coefficient (Wildman–Crippen LogP) is 3.71. The molecule has 7 heteroatoms. The Morgan fingerprint density at radius 1 is 1.27 bits per heavy atom. The van der Waals surface area contributed by atoms with Gasteiger partial charge in [-0.25, -0.2) is 0 Å². The topological polar surface area (TPSA) is 68.5 Å². The zero-order valence-corrected chi connectivity index (χ0v) is 15.9. The van der Waals surface area contributed by atoms with Crippen LogP contribution in [0.15, 0.2) is 40.2 Å². The summed E-state index contributed by atoms with van der Waals surface area (Å²) < 4.78 is 10.4. The monoisotopic (exact) mass is 371 g/mol. The lowest BCUT2D eigenvalue weighted by Crippen LogP contribution is -2.26. The van der Waals surface area contributed by atoms with Crippen molar-refractivity contribution in [3.8, 4) is 17.1 Å². The minimum absolute atomic E-state index is 0.0574. The Balaban J connectivity index is 1.55. The molecule has 26 heavy (non-hydrogen) atoms. The summed E-state index contributed by atoms with van der Waals surface area (Å²) in [4.78, 5) is 19.6. The average Bonchev–Trinajstić information content (AvgIpc) is 3.29. The Labute approximate surface area is 156 Å². The van der Waals surface area contributed by atoms with Crippen LogP contribution in [-0.2, 0) is 17.8 Å². The summed E-state index contributed by atoms with van der Waals surface area (Å²) in [6.07, 6.45) is 0.765. The number of benzene rings is 1. The number of rotatable bonds is 7. The maximum Gasteiger partial charge on any atom is 0.227 e. The summed E-state index contributed by atoms with van der Waals surface area (Å²) in [6, 6.07) is 9.50. The lowest BCUT2D eigenvalue weighted by atomic mass is 10.2. The third-order valence-corrected chi connectivity index (χ3v) is 5.15. The first-order valence-corrected chi connectivity index (χ1v) is 9.18. The second-order valence-electron chi connectivity index (χ2n) is 6.02. The molecule has 3 aromatic rings. The third kappa shape index (κ3) is 4.29. The van der Waals surface area contributed by atoms with E-state index in [1.807, 2.05) is 36.7 Å². The van der Waals surface area contributed by atoms with Gasteiger partial charge in [0.25, 0.3) is 0 Å². The van der Waals surface area contributed by atoms with Crippen molar-refractivity contribution in [1.82, 2.24) is 15.0 Å². The van der Waals surface area contributed by atoms with Gasteiger partial charge in [-0.2, -0.15) is 4.98 Å². The van der Waals surface area contributed by atoms with E-state index >= 15 is 0 Å². The average molecular weight is 371 g/mol. The minimum atomic E-state index is 0.0574. The van der Waals surface area contributed by atoms with Crippen LogP contribution in [0.4, 0.5) is 0 Å². The minimum Gasteiger partial charge on any atom is -0.497 e. The summed E-state index contributed by atoms with van der Waals surface area (Å²) in [7, 11) is 3.44. The number of nitrogens with zero attached hydrogens (tertiary/aromatic N) is 3. The highest BCUT2D eigenvalue weighted by Gasteiger charge is 2.14. The Morgan fingerprint density at radius 2 is 2.04 bits per heavy atom. The summed E-state index contributed by atoms with van der Waals surface area (Å²) in [6.45, 7) is 2.69. The summed E-state index contributed by atoms with van der Waals surface area (Å²) in [5.41, 5.74) is 2.06. The Morgan fingerprint density at radius 3 is 2.69 bits per heavy atom. The number of hydrogen-bond donors (Lipinski definition) is 0. The number of thiophene rings is 1. The van der Waals surface area contributed by atoms with Crippen LogP contribution < -0.4 is 4.74 Å². The van der Waals surface area contributed by atoms with Gasteiger partial charge in [-0.3, -0.25) is 4.79 Å². The highest BCUT2D eigenvalue weighted by molar-refractivity contribution is 7.10. The molecule has 6 nitrogen and oxygen atoms in total. The first-order valence-electron chi connectivity index (χ1n) is 8.30. The summed E-state index contributed by atoms with van der Waals surface area (Å²) >= 11 is 1.67. The first-order chi connectivity index (χ1) is 12.6. The van der Waals surface area contributed by atoms with E-state index in [0.717, 1.165) is 11.3 Å². The normalized spacial score (nSPS) is 10.7. The fraction of sp³-hybridized carbons (Fsp3) is 0.316. The molecule has 0 atom stereocenters. The van der Waals surface area contributed by atoms with E-state index in [0.29, 0.717) is 31.1 Å². The second kappa shape index (κ2) is 8.14. The molecular formula is C19H21N3O3S. The van der Waals surface area contributed by atoms with Gasteiger partial charge in [0.15, 0.2) is 0 Å². The van der Waals surface area contributed by atoms with Gasteiger partial charge >= 0.3 is 0 Å². The van der Waals surface area contributed by atoms with Gasteiger partial charge in [0, 0.05) is 30.3 Å². The molecule has 136 valence electrons. The molecule has 1 aromatic carbocycles. The molecule has 0 bridgehead atoms. The first kappa shape index (κ1) is 18.1. The summed E-state index contributed by atoms with van der Waals surface area (Å²) in [5.74, 6) is 1.80. The molecule has 0 aliphatic heterocycles. The molecule has 0 N–H and O–H groups in total. The van der Waals surface area contributed by atoms with Gasteiger partial charge in [0.2, 0.25) is 17.6 Å². The molecule has 0 spiro atoms. The lowest BCUT2D eigenvalue weighted by Gasteiger charge is -2.16. The number of carbonyl (C=O) groups excluding carboxylic acids is 1. The number of aryl methyl sites for hydroxylation is 2. The predicted molar refractivity (Wildman–Crippen MR) is 100 cm³/mol. The summed E-state index contributed by atoms with van der Waals surface area (Å²) in [5, 5.41) is 6.03. The molecule has 0 radical (unpaired) electrons. The number of carbonyl (C=O) groups is 1. The quantitative estimate of drug-likeness (QED) is 0.633. The standard InChI is InChI=1S/C19H21N3O3S/c1-13-10-11-26-16(13)12-22(2)18(23)9-8-17-20-19(21-25-17)14-4-6-15(24-3)7-5-14/h4-7,10-11H,8-9,12H2,1-3H3. The van der Waals surface area contributed by atoms with Crippen LogP contribution in [0.5, 0.6) is 5.75 Å². The van der Waals surface area contributed by atoms with Crippen molar-refractivity contribution >= 4 is 17.2 Å². The zero-order valence-electron chi connectivity index (χ0n) is 15.1. The molecule has 3 rings (SSSR count). The van der Waals surface area contributed by atoms with Crippen LogP contribution in [-0.4, -0.2) is 35.1 Å². The van der Waals surface area contributed by atoms with Crippen molar-refractivity contribution in [2.45, 2.75) is 26.3 Å². The Kier molecular flexibility index (Phi) is 5.68. The molecule has 0 unspecified atom stereocenters. The molecule has 0 saturated heterocycles. The van der Waals surface area contributed by atoms with Crippen LogP contribution in [0.3, 0.4) is 0 Å². The molecule has 0 saturated carbocycles. The number of ether oxygens (including phenoxy) is 1. The van der Waals surface area contributed by atoms with E-state index in [1.165, 1.54) is 10.4 Å². The van der Waals surface area contributed by atoms with Crippen molar-refractivity contribution in [2.24, 2.45) is 0 Å². The van der Waals surface area contributed by atoms with Gasteiger partial charge in [-0.1, -0.05) is 5.16 Å². The molecular weight excluding hydrogens is 350 g/mol. The van der Waals surface area contributed by atoms with E-state index in [9.17, 15) is 4.79 Å². The number of hydrogen-bond acceptors (Lipinski definition) is 6. The van der Waals surface area contributed by atoms with Gasteiger partial charge in [0.05, 0.1) is 13.7 Å². The molecule has 2 aromatic heterocycles. The third-order valence-electron chi connectivity index (χ3n) is 4.14. The Hall–Kier alpha value is -2.67. The van der Waals surface area contributed by atoms with Gasteiger partial charge in [-0.15, -0.1) is 11.3 Å². The van der Waals surface area contributed by atoms with Crippen molar-refractivity contribution in [2.75, 3.05) is 14.2 Å². The SMILES string of the molecule is COc1ccc(-c2noc(CCC(=O)N(C)Cc3sccc3C)n2)cc1. The van der Waals surface area contributed by atoms with Crippen LogP contribution in [0, 0.1) is 6.92 Å². The highest BCUT2D eigenvalue weighted by atomic mass is 32.1. The van der Waals surface area contributed by atoms with Crippen molar-refractivity contribution in [3.05, 3.63) is 52.0 Å². The van der Waals surface area contributed by atoms with Crippen molar-refractivity contribution in [1.29, 1.82) is 0 Å². The maximum absolute atomic E-state index is 12.3. The zero-order chi connectivity index (χ0) is 18.5. The van der Waals surface area contributed by atoms with E-state index in [-0.39, 0.29) is 5.91 Å². The van der Waals surface area contributed by atoms with Crippen molar-refractivity contribution < 1.29 is 14.1 Å². The van der Waals surface area contributed by atoms with Crippen LogP contribution in [0.2, 0.25) is 0 Å². The van der Waals surface area contributed by atoms with Crippen molar-refractivity contribution in [3.63, 3.8) is 0 Å². The molecule has 1 amide bonds. The van der Waals surface area contributed by atoms with Crippen LogP contribution in [0.25, 0.3) is 11.4 Å². The number of methoxy groups -OCH3 is 1. The second-order valence-corrected chi connectivity index (χ2v) is 7.02. The van der Waals surface area contributed by atoms with Gasteiger partial charge in [0.1, 0.15) is 5.75 Å². The number of amides is 1. The highest BCUT2D eigenvalue weighted by Crippen LogP contribution is 2.20. The van der Waals surface area contributed by atoms with Crippen LogP contribution >= 0.6 is 11.3 Å². The fourth-order valence-electron chi connectivity index (χ4n) is 2.49. The lowest BCUT2D eigenvalue weighted by molar-refractivity contribution is -0.130. The smallest absolute Gasteiger partial charge is 0.227 e. The van der Waals surface area contributed by atoms with Gasteiger partial charge < -0.3 is 14.2 Å². The van der Waals surface area contributed by atoms with Gasteiger partial charge in [-0.05, 0) is 48.2 Å². The van der Waals surface area contributed by atoms with E-state index < -0.39 is 0 Å².